The normalized spacial score (nSPS) is 21.6. The molecule has 2 aromatic rings. The van der Waals surface area contributed by atoms with Gasteiger partial charge in [-0.1, -0.05) is 37.3 Å². The predicted molar refractivity (Wildman–Crippen MR) is 129 cm³/mol. The van der Waals surface area contributed by atoms with Crippen molar-refractivity contribution in [2.75, 3.05) is 32.7 Å². The third-order valence-electron chi connectivity index (χ3n) is 6.88. The lowest BCUT2D eigenvalue weighted by molar-refractivity contribution is 0.239. The molecule has 2 fully saturated rings. The van der Waals surface area contributed by atoms with Gasteiger partial charge in [-0.2, -0.15) is 8.61 Å². The molecule has 9 heteroatoms. The Labute approximate surface area is 198 Å². The number of likely N-dealkylation sites (N-methyl/N-ethyl adjacent to an activating group) is 1. The Kier molecular flexibility index (Phi) is 7.26. The van der Waals surface area contributed by atoms with Gasteiger partial charge in [-0.25, -0.2) is 16.8 Å². The van der Waals surface area contributed by atoms with E-state index in [1.807, 2.05) is 25.1 Å². The molecular formula is C24H33N3O4S2. The van der Waals surface area contributed by atoms with E-state index < -0.39 is 20.0 Å². The number of hydrogen-bond donors (Lipinski definition) is 0. The van der Waals surface area contributed by atoms with Crippen LogP contribution in [0.25, 0.3) is 0 Å². The standard InChI is InChI=1S/C24H33N3O4S2/c1-3-27(22-15-18-25(19-22)20(2)21-9-5-4-6-10-21)33(30,31)24-13-11-23(12-14-24)32(28,29)26-16-7-8-17-26/h4-6,9-14,20,22H,3,7-8,15-19H2,1-2H3/t20-,22+/m0/s1. The van der Waals surface area contributed by atoms with E-state index >= 15 is 0 Å². The molecule has 0 N–H and O–H groups in total. The summed E-state index contributed by atoms with van der Waals surface area (Å²) in [6.45, 7) is 6.92. The average molecular weight is 492 g/mol. The summed E-state index contributed by atoms with van der Waals surface area (Å²) in [6, 6.07) is 16.1. The van der Waals surface area contributed by atoms with Crippen LogP contribution in [-0.4, -0.2) is 69.1 Å². The summed E-state index contributed by atoms with van der Waals surface area (Å²) in [5.41, 5.74) is 1.22. The van der Waals surface area contributed by atoms with E-state index in [9.17, 15) is 16.8 Å². The molecule has 2 heterocycles. The van der Waals surface area contributed by atoms with Crippen LogP contribution in [0.5, 0.6) is 0 Å². The second kappa shape index (κ2) is 9.84. The molecular weight excluding hydrogens is 458 g/mol. The molecule has 4 rings (SSSR count). The van der Waals surface area contributed by atoms with E-state index in [0.717, 1.165) is 25.8 Å². The Balaban J connectivity index is 1.50. The summed E-state index contributed by atoms with van der Waals surface area (Å²) in [4.78, 5) is 2.61. The van der Waals surface area contributed by atoms with Crippen LogP contribution < -0.4 is 0 Å². The summed E-state index contributed by atoms with van der Waals surface area (Å²) < 4.78 is 55.5. The first-order chi connectivity index (χ1) is 15.7. The lowest BCUT2D eigenvalue weighted by atomic mass is 10.1. The molecule has 2 aliphatic heterocycles. The lowest BCUT2D eigenvalue weighted by Crippen LogP contribution is -2.42. The number of likely N-dealkylation sites (tertiary alicyclic amines) is 1. The highest BCUT2D eigenvalue weighted by molar-refractivity contribution is 7.89. The van der Waals surface area contributed by atoms with Gasteiger partial charge in [0, 0.05) is 44.8 Å². The van der Waals surface area contributed by atoms with E-state index in [4.69, 9.17) is 0 Å². The van der Waals surface area contributed by atoms with Gasteiger partial charge in [0.25, 0.3) is 0 Å². The van der Waals surface area contributed by atoms with E-state index in [0.29, 0.717) is 26.2 Å². The number of hydrogen-bond acceptors (Lipinski definition) is 5. The van der Waals surface area contributed by atoms with Crippen LogP contribution in [0.1, 0.15) is 44.7 Å². The molecule has 0 radical (unpaired) electrons. The monoisotopic (exact) mass is 491 g/mol. The molecule has 180 valence electrons. The summed E-state index contributed by atoms with van der Waals surface area (Å²) >= 11 is 0. The Hall–Kier alpha value is -1.78. The minimum absolute atomic E-state index is 0.112. The second-order valence-electron chi connectivity index (χ2n) is 8.82. The highest BCUT2D eigenvalue weighted by Crippen LogP contribution is 2.30. The van der Waals surface area contributed by atoms with E-state index in [1.165, 1.54) is 34.1 Å². The van der Waals surface area contributed by atoms with Gasteiger partial charge in [-0.05, 0) is 56.0 Å². The number of nitrogens with zero attached hydrogens (tertiary/aromatic N) is 3. The molecule has 33 heavy (non-hydrogen) atoms. The first-order valence-electron chi connectivity index (χ1n) is 11.7. The first kappa shape index (κ1) is 24.3. The van der Waals surface area contributed by atoms with Gasteiger partial charge in [-0.3, -0.25) is 4.90 Å². The van der Waals surface area contributed by atoms with E-state index in [2.05, 4.69) is 24.0 Å². The zero-order chi connectivity index (χ0) is 23.6. The highest BCUT2D eigenvalue weighted by atomic mass is 32.2. The van der Waals surface area contributed by atoms with Crippen LogP contribution in [0.4, 0.5) is 0 Å². The molecule has 2 saturated heterocycles. The zero-order valence-corrected chi connectivity index (χ0v) is 20.9. The van der Waals surface area contributed by atoms with Crippen molar-refractivity contribution >= 4 is 20.0 Å². The third-order valence-corrected chi connectivity index (χ3v) is 10.8. The van der Waals surface area contributed by atoms with Gasteiger partial charge in [0.1, 0.15) is 0 Å². The van der Waals surface area contributed by atoms with Crippen molar-refractivity contribution < 1.29 is 16.8 Å². The molecule has 0 bridgehead atoms. The van der Waals surface area contributed by atoms with Gasteiger partial charge >= 0.3 is 0 Å². The molecule has 0 saturated carbocycles. The van der Waals surface area contributed by atoms with Crippen LogP contribution in [0.15, 0.2) is 64.4 Å². The largest absolute Gasteiger partial charge is 0.295 e. The van der Waals surface area contributed by atoms with Gasteiger partial charge < -0.3 is 0 Å². The number of rotatable bonds is 8. The van der Waals surface area contributed by atoms with Crippen molar-refractivity contribution in [3.63, 3.8) is 0 Å². The number of benzene rings is 2. The van der Waals surface area contributed by atoms with Gasteiger partial charge in [0.2, 0.25) is 20.0 Å². The lowest BCUT2D eigenvalue weighted by Gasteiger charge is -2.29. The van der Waals surface area contributed by atoms with Crippen molar-refractivity contribution in [1.82, 2.24) is 13.5 Å². The minimum Gasteiger partial charge on any atom is -0.295 e. The minimum atomic E-state index is -3.73. The fraction of sp³-hybridized carbons (Fsp3) is 0.500. The Morgan fingerprint density at radius 3 is 2.12 bits per heavy atom. The second-order valence-corrected chi connectivity index (χ2v) is 12.6. The summed E-state index contributed by atoms with van der Waals surface area (Å²) in [6.07, 6.45) is 2.49. The van der Waals surface area contributed by atoms with Crippen molar-refractivity contribution in [2.45, 2.75) is 55.0 Å². The molecule has 7 nitrogen and oxygen atoms in total. The number of sulfonamides is 2. The molecule has 0 amide bonds. The van der Waals surface area contributed by atoms with Gasteiger partial charge in [-0.15, -0.1) is 0 Å². The Morgan fingerprint density at radius 2 is 1.52 bits per heavy atom. The smallest absolute Gasteiger partial charge is 0.243 e. The maximum atomic E-state index is 13.5. The van der Waals surface area contributed by atoms with Crippen molar-refractivity contribution in [1.29, 1.82) is 0 Å². The molecule has 0 unspecified atom stereocenters. The van der Waals surface area contributed by atoms with Crippen LogP contribution in [0.2, 0.25) is 0 Å². The molecule has 2 aromatic carbocycles. The average Bonchev–Trinajstić information content (AvgIpc) is 3.53. The molecule has 0 aliphatic carbocycles. The fourth-order valence-electron chi connectivity index (χ4n) is 4.92. The molecule has 2 atom stereocenters. The predicted octanol–water partition coefficient (Wildman–Crippen LogP) is 3.32. The van der Waals surface area contributed by atoms with Crippen molar-refractivity contribution in [3.05, 3.63) is 60.2 Å². The van der Waals surface area contributed by atoms with Gasteiger partial charge in [0.15, 0.2) is 0 Å². The molecule has 0 aromatic heterocycles. The fourth-order valence-corrected chi connectivity index (χ4v) is 8.09. The molecule has 0 spiro atoms. The topological polar surface area (TPSA) is 78.0 Å². The first-order valence-corrected chi connectivity index (χ1v) is 14.5. The van der Waals surface area contributed by atoms with Crippen molar-refractivity contribution in [2.24, 2.45) is 0 Å². The van der Waals surface area contributed by atoms with Crippen LogP contribution >= 0.6 is 0 Å². The quantitative estimate of drug-likeness (QED) is 0.566. The summed E-state index contributed by atoms with van der Waals surface area (Å²) in [5.74, 6) is 0. The highest BCUT2D eigenvalue weighted by Gasteiger charge is 2.36. The van der Waals surface area contributed by atoms with Crippen LogP contribution in [0, 0.1) is 0 Å². The van der Waals surface area contributed by atoms with E-state index in [-0.39, 0.29) is 21.9 Å². The van der Waals surface area contributed by atoms with E-state index in [1.54, 1.807) is 4.31 Å². The summed E-state index contributed by atoms with van der Waals surface area (Å²) in [7, 11) is -7.30. The maximum Gasteiger partial charge on any atom is 0.243 e. The van der Waals surface area contributed by atoms with Crippen LogP contribution in [-0.2, 0) is 20.0 Å². The zero-order valence-electron chi connectivity index (χ0n) is 19.3. The Bertz CT molecular complexity index is 1150. The third kappa shape index (κ3) is 4.88. The maximum absolute atomic E-state index is 13.5. The Morgan fingerprint density at radius 1 is 0.909 bits per heavy atom. The summed E-state index contributed by atoms with van der Waals surface area (Å²) in [5, 5.41) is 0. The molecule has 2 aliphatic rings. The SMILES string of the molecule is CCN([C@@H]1CCN([C@@H](C)c2ccccc2)C1)S(=O)(=O)c1ccc(S(=O)(=O)N2CCCC2)cc1. The van der Waals surface area contributed by atoms with Crippen molar-refractivity contribution in [3.8, 4) is 0 Å². The van der Waals surface area contributed by atoms with Crippen LogP contribution in [0.3, 0.4) is 0 Å². The van der Waals surface area contributed by atoms with Gasteiger partial charge in [0.05, 0.1) is 9.79 Å².